The molecule has 0 rings (SSSR count). The molecule has 0 saturated heterocycles. The molecule has 0 amide bonds. The molecule has 80 valence electrons. The Bertz CT molecular complexity index is 212. The Morgan fingerprint density at radius 3 is 2.23 bits per heavy atom. The maximum atomic E-state index is 11.3. The maximum Gasteiger partial charge on any atom is 0.211 e. The molecule has 0 heterocycles. The van der Waals surface area contributed by atoms with Gasteiger partial charge in [0.15, 0.2) is 0 Å². The fraction of sp³-hybridized carbons (Fsp3) is 1.00. The minimum Gasteiger partial charge on any atom is -0.212 e. The largest absolute Gasteiger partial charge is 0.212 e. The SMILES string of the molecule is CCC(CC)NS(=O)(=O)CCCCl. The molecule has 1 N–H and O–H groups in total. The first-order valence-corrected chi connectivity index (χ1v) is 6.80. The summed E-state index contributed by atoms with van der Waals surface area (Å²) in [6, 6.07) is 0.0697. The number of alkyl halides is 1. The highest BCUT2D eigenvalue weighted by molar-refractivity contribution is 7.89. The molecule has 0 radical (unpaired) electrons. The Morgan fingerprint density at radius 1 is 1.31 bits per heavy atom. The Kier molecular flexibility index (Phi) is 6.73. The van der Waals surface area contributed by atoms with Gasteiger partial charge >= 0.3 is 0 Å². The highest BCUT2D eigenvalue weighted by Gasteiger charge is 2.13. The minimum absolute atomic E-state index is 0.0697. The van der Waals surface area contributed by atoms with Crippen LogP contribution >= 0.6 is 11.6 Å². The van der Waals surface area contributed by atoms with Gasteiger partial charge in [0.1, 0.15) is 0 Å². The molecule has 0 aromatic carbocycles. The number of halogens is 1. The van der Waals surface area contributed by atoms with Crippen molar-refractivity contribution in [2.75, 3.05) is 11.6 Å². The molecule has 0 bridgehead atoms. The fourth-order valence-corrected chi connectivity index (χ4v) is 2.79. The summed E-state index contributed by atoms with van der Waals surface area (Å²) in [5.74, 6) is 0.525. The quantitative estimate of drug-likeness (QED) is 0.674. The van der Waals surface area contributed by atoms with Crippen molar-refractivity contribution in [2.45, 2.75) is 39.2 Å². The highest BCUT2D eigenvalue weighted by Crippen LogP contribution is 2.00. The smallest absolute Gasteiger partial charge is 0.211 e. The summed E-state index contributed by atoms with van der Waals surface area (Å²) in [7, 11) is -3.10. The Balaban J connectivity index is 4.00. The van der Waals surface area contributed by atoms with E-state index in [1.54, 1.807) is 0 Å². The predicted octanol–water partition coefficient (Wildman–Crippen LogP) is 1.72. The molecule has 0 aliphatic carbocycles. The number of hydrogen-bond donors (Lipinski definition) is 1. The number of sulfonamides is 1. The average molecular weight is 228 g/mol. The van der Waals surface area contributed by atoms with Gasteiger partial charge in [0.2, 0.25) is 10.0 Å². The summed E-state index contributed by atoms with van der Waals surface area (Å²) >= 11 is 5.42. The van der Waals surface area contributed by atoms with Gasteiger partial charge in [0.05, 0.1) is 5.75 Å². The third kappa shape index (κ3) is 6.29. The molecule has 0 aliphatic heterocycles. The normalized spacial score (nSPS) is 12.3. The van der Waals surface area contributed by atoms with Crippen LogP contribution in [0.1, 0.15) is 33.1 Å². The van der Waals surface area contributed by atoms with Crippen LogP contribution in [-0.4, -0.2) is 26.1 Å². The van der Waals surface area contributed by atoms with Gasteiger partial charge in [0.25, 0.3) is 0 Å². The molecule has 5 heteroatoms. The van der Waals surface area contributed by atoms with Crippen LogP contribution in [0.25, 0.3) is 0 Å². The van der Waals surface area contributed by atoms with E-state index >= 15 is 0 Å². The lowest BCUT2D eigenvalue weighted by atomic mass is 10.2. The van der Waals surface area contributed by atoms with E-state index in [-0.39, 0.29) is 11.8 Å². The lowest BCUT2D eigenvalue weighted by molar-refractivity contribution is 0.529. The van der Waals surface area contributed by atoms with Gasteiger partial charge in [-0.25, -0.2) is 13.1 Å². The maximum absolute atomic E-state index is 11.3. The van der Waals surface area contributed by atoms with Crippen LogP contribution in [0.2, 0.25) is 0 Å². The molecule has 0 aromatic heterocycles. The first-order chi connectivity index (χ1) is 6.05. The van der Waals surface area contributed by atoms with E-state index in [0.717, 1.165) is 12.8 Å². The zero-order valence-electron chi connectivity index (χ0n) is 8.22. The second kappa shape index (κ2) is 6.62. The summed E-state index contributed by atoms with van der Waals surface area (Å²) in [6.07, 6.45) is 2.17. The number of hydrogen-bond acceptors (Lipinski definition) is 2. The minimum atomic E-state index is -3.10. The van der Waals surface area contributed by atoms with Crippen molar-refractivity contribution < 1.29 is 8.42 Å². The molecule has 0 unspecified atom stereocenters. The van der Waals surface area contributed by atoms with E-state index in [1.165, 1.54) is 0 Å². The Morgan fingerprint density at radius 2 is 1.85 bits per heavy atom. The van der Waals surface area contributed by atoms with Crippen LogP contribution in [0.15, 0.2) is 0 Å². The van der Waals surface area contributed by atoms with Crippen molar-refractivity contribution in [3.05, 3.63) is 0 Å². The lowest BCUT2D eigenvalue weighted by Gasteiger charge is -2.14. The predicted molar refractivity (Wildman–Crippen MR) is 56.6 cm³/mol. The van der Waals surface area contributed by atoms with Gasteiger partial charge in [-0.2, -0.15) is 0 Å². The van der Waals surface area contributed by atoms with Crippen molar-refractivity contribution in [2.24, 2.45) is 0 Å². The molecule has 0 spiro atoms. The number of nitrogens with one attached hydrogen (secondary N) is 1. The first-order valence-electron chi connectivity index (χ1n) is 4.61. The van der Waals surface area contributed by atoms with E-state index < -0.39 is 10.0 Å². The number of rotatable bonds is 7. The summed E-state index contributed by atoms with van der Waals surface area (Å²) in [4.78, 5) is 0. The highest BCUT2D eigenvalue weighted by atomic mass is 35.5. The van der Waals surface area contributed by atoms with E-state index in [9.17, 15) is 8.42 Å². The molecular formula is C8H18ClNO2S. The van der Waals surface area contributed by atoms with Gasteiger partial charge in [-0.3, -0.25) is 0 Å². The zero-order valence-corrected chi connectivity index (χ0v) is 9.79. The van der Waals surface area contributed by atoms with Gasteiger partial charge in [0, 0.05) is 11.9 Å². The topological polar surface area (TPSA) is 46.2 Å². The average Bonchev–Trinajstić information content (AvgIpc) is 2.11. The molecule has 3 nitrogen and oxygen atoms in total. The lowest BCUT2D eigenvalue weighted by Crippen LogP contribution is -2.35. The fourth-order valence-electron chi connectivity index (χ4n) is 1.01. The zero-order chi connectivity index (χ0) is 10.3. The first kappa shape index (κ1) is 13.2. The molecule has 0 saturated carbocycles. The molecule has 0 aliphatic rings. The summed E-state index contributed by atoms with van der Waals surface area (Å²) in [6.45, 7) is 3.94. The van der Waals surface area contributed by atoms with Crippen molar-refractivity contribution in [1.82, 2.24) is 4.72 Å². The summed E-state index contributed by atoms with van der Waals surface area (Å²) in [5.41, 5.74) is 0. The Hall–Kier alpha value is 0.200. The van der Waals surface area contributed by atoms with E-state index in [2.05, 4.69) is 4.72 Å². The van der Waals surface area contributed by atoms with Gasteiger partial charge < -0.3 is 0 Å². The standard InChI is InChI=1S/C8H18ClNO2S/c1-3-8(4-2)10-13(11,12)7-5-6-9/h8,10H,3-7H2,1-2H3. The van der Waals surface area contributed by atoms with Crippen LogP contribution in [0.3, 0.4) is 0 Å². The summed E-state index contributed by atoms with van der Waals surface area (Å²) in [5, 5.41) is 0. The van der Waals surface area contributed by atoms with Crippen molar-refractivity contribution >= 4 is 21.6 Å². The van der Waals surface area contributed by atoms with Crippen LogP contribution in [0, 0.1) is 0 Å². The molecule has 13 heavy (non-hydrogen) atoms. The van der Waals surface area contributed by atoms with E-state index in [4.69, 9.17) is 11.6 Å². The molecule has 0 aromatic rings. The second-order valence-electron chi connectivity index (χ2n) is 2.99. The van der Waals surface area contributed by atoms with E-state index in [1.807, 2.05) is 13.8 Å². The van der Waals surface area contributed by atoms with Crippen LogP contribution in [0.4, 0.5) is 0 Å². The van der Waals surface area contributed by atoms with Gasteiger partial charge in [-0.15, -0.1) is 11.6 Å². The Labute approximate surface area is 85.9 Å². The van der Waals surface area contributed by atoms with Gasteiger partial charge in [-0.1, -0.05) is 13.8 Å². The summed E-state index contributed by atoms with van der Waals surface area (Å²) < 4.78 is 25.3. The second-order valence-corrected chi connectivity index (χ2v) is 5.24. The van der Waals surface area contributed by atoms with Crippen LogP contribution in [0.5, 0.6) is 0 Å². The van der Waals surface area contributed by atoms with Crippen molar-refractivity contribution in [1.29, 1.82) is 0 Å². The van der Waals surface area contributed by atoms with Crippen molar-refractivity contribution in [3.63, 3.8) is 0 Å². The molecule has 0 atom stereocenters. The molecule has 0 fully saturated rings. The van der Waals surface area contributed by atoms with Crippen LogP contribution < -0.4 is 4.72 Å². The third-order valence-corrected chi connectivity index (χ3v) is 3.66. The van der Waals surface area contributed by atoms with E-state index in [0.29, 0.717) is 12.3 Å². The third-order valence-electron chi connectivity index (χ3n) is 1.88. The monoisotopic (exact) mass is 227 g/mol. The van der Waals surface area contributed by atoms with Gasteiger partial charge in [-0.05, 0) is 19.3 Å². The molecular weight excluding hydrogens is 210 g/mol. The van der Waals surface area contributed by atoms with Crippen LogP contribution in [-0.2, 0) is 10.0 Å². The van der Waals surface area contributed by atoms with Crippen molar-refractivity contribution in [3.8, 4) is 0 Å².